The number of aryl methyl sites for hydroxylation is 2. The fraction of sp³-hybridized carbons (Fsp3) is 0.261. The van der Waals surface area contributed by atoms with E-state index in [1.54, 1.807) is 19.1 Å². The van der Waals surface area contributed by atoms with Crippen LogP contribution in [-0.4, -0.2) is 32.2 Å². The summed E-state index contributed by atoms with van der Waals surface area (Å²) in [4.78, 5) is 39.6. The summed E-state index contributed by atoms with van der Waals surface area (Å²) in [5.74, 6) is -0.456. The highest BCUT2D eigenvalue weighted by Gasteiger charge is 2.19. The fourth-order valence-corrected chi connectivity index (χ4v) is 3.84. The highest BCUT2D eigenvalue weighted by molar-refractivity contribution is 8.00. The number of aromatic amines is 1. The second-order valence-electron chi connectivity index (χ2n) is 7.48. The zero-order chi connectivity index (χ0) is 23.4. The molecule has 9 heteroatoms. The molecule has 0 radical (unpaired) electrons. The molecule has 1 atom stereocenters. The van der Waals surface area contributed by atoms with E-state index in [2.05, 4.69) is 25.8 Å². The van der Waals surface area contributed by atoms with Gasteiger partial charge in [0.1, 0.15) is 0 Å². The number of nitrogens with one attached hydrogen (secondary N) is 3. The van der Waals surface area contributed by atoms with Crippen molar-refractivity contribution in [3.05, 3.63) is 63.4 Å². The van der Waals surface area contributed by atoms with Gasteiger partial charge in [-0.1, -0.05) is 42.1 Å². The molecule has 0 bridgehead atoms. The van der Waals surface area contributed by atoms with Crippen molar-refractivity contribution in [1.29, 1.82) is 0 Å². The Morgan fingerprint density at radius 1 is 1.00 bits per heavy atom. The smallest absolute Gasteiger partial charge is 0.278 e. The molecular weight excluding hydrogens is 426 g/mol. The number of H-pyrrole nitrogens is 1. The number of thioether (sulfide) groups is 1. The summed E-state index contributed by atoms with van der Waals surface area (Å²) in [5.41, 5.74) is 4.27. The van der Waals surface area contributed by atoms with Crippen LogP contribution in [0.4, 0.5) is 11.4 Å². The SMILES string of the molecule is CC(=O)Nc1c(C)cccc1-c1nnc(S[C@H](C)C(=O)Nc2cccc(C)c2C)[nH]c1=O. The average molecular weight is 452 g/mol. The van der Waals surface area contributed by atoms with Crippen LogP contribution in [-0.2, 0) is 9.59 Å². The van der Waals surface area contributed by atoms with E-state index < -0.39 is 10.8 Å². The van der Waals surface area contributed by atoms with E-state index in [4.69, 9.17) is 0 Å². The third kappa shape index (κ3) is 5.23. The number of hydrogen-bond acceptors (Lipinski definition) is 6. The van der Waals surface area contributed by atoms with Gasteiger partial charge in [-0.3, -0.25) is 19.4 Å². The molecule has 0 fully saturated rings. The Hall–Kier alpha value is -3.46. The van der Waals surface area contributed by atoms with Crippen LogP contribution in [0.3, 0.4) is 0 Å². The summed E-state index contributed by atoms with van der Waals surface area (Å²) in [6.07, 6.45) is 0. The Balaban J connectivity index is 1.79. The number of carbonyl (C=O) groups excluding carboxylic acids is 2. The molecule has 1 aromatic heterocycles. The van der Waals surface area contributed by atoms with Gasteiger partial charge in [0.2, 0.25) is 11.8 Å². The molecule has 3 aromatic rings. The number of amides is 2. The highest BCUT2D eigenvalue weighted by Crippen LogP contribution is 2.28. The van der Waals surface area contributed by atoms with Crippen molar-refractivity contribution in [3.8, 4) is 11.3 Å². The Labute approximate surface area is 190 Å². The van der Waals surface area contributed by atoms with Gasteiger partial charge in [0.15, 0.2) is 10.9 Å². The number of rotatable bonds is 6. The highest BCUT2D eigenvalue weighted by atomic mass is 32.2. The molecule has 0 aliphatic heterocycles. The predicted molar refractivity (Wildman–Crippen MR) is 127 cm³/mol. The van der Waals surface area contributed by atoms with Gasteiger partial charge in [0.25, 0.3) is 5.56 Å². The average Bonchev–Trinajstić information content (AvgIpc) is 2.73. The zero-order valence-corrected chi connectivity index (χ0v) is 19.4. The first kappa shape index (κ1) is 23.2. The van der Waals surface area contributed by atoms with Crippen LogP contribution < -0.4 is 16.2 Å². The quantitative estimate of drug-likeness (QED) is 0.490. The molecule has 1 heterocycles. The first-order valence-corrected chi connectivity index (χ1v) is 10.9. The molecule has 166 valence electrons. The van der Waals surface area contributed by atoms with Crippen molar-refractivity contribution in [2.24, 2.45) is 0 Å². The van der Waals surface area contributed by atoms with E-state index in [1.165, 1.54) is 6.92 Å². The lowest BCUT2D eigenvalue weighted by molar-refractivity contribution is -0.115. The normalized spacial score (nSPS) is 11.7. The molecule has 3 rings (SSSR count). The number of aromatic nitrogens is 3. The number of anilines is 2. The maximum Gasteiger partial charge on any atom is 0.278 e. The monoisotopic (exact) mass is 451 g/mol. The van der Waals surface area contributed by atoms with Crippen LogP contribution in [0.1, 0.15) is 30.5 Å². The summed E-state index contributed by atoms with van der Waals surface area (Å²) in [5, 5.41) is 13.5. The zero-order valence-electron chi connectivity index (χ0n) is 18.6. The molecule has 3 N–H and O–H groups in total. The Kier molecular flexibility index (Phi) is 7.09. The maximum absolute atomic E-state index is 12.7. The standard InChI is InChI=1S/C23H25N5O3S/c1-12-8-7-11-18(14(12)3)25-21(30)15(4)32-23-26-22(31)20(27-28-23)17-10-6-9-13(2)19(17)24-16(5)29/h6-11,15H,1-5H3,(H,24,29)(H,25,30)(H,26,28,31)/t15-/m1/s1. The third-order valence-electron chi connectivity index (χ3n) is 5.03. The third-order valence-corrected chi connectivity index (χ3v) is 6.00. The summed E-state index contributed by atoms with van der Waals surface area (Å²) in [6.45, 7) is 8.89. The molecule has 0 aliphatic rings. The van der Waals surface area contributed by atoms with E-state index in [1.807, 2.05) is 45.0 Å². The van der Waals surface area contributed by atoms with Crippen LogP contribution in [0.15, 0.2) is 46.3 Å². The van der Waals surface area contributed by atoms with Gasteiger partial charge in [-0.15, -0.1) is 10.2 Å². The number of nitrogens with zero attached hydrogens (tertiary/aromatic N) is 2. The molecule has 2 aromatic carbocycles. The van der Waals surface area contributed by atoms with Crippen LogP contribution >= 0.6 is 11.8 Å². The molecular formula is C23H25N5O3S. The van der Waals surface area contributed by atoms with Crippen molar-refractivity contribution < 1.29 is 9.59 Å². The predicted octanol–water partition coefficient (Wildman–Crippen LogP) is 3.83. The molecule has 2 amide bonds. The number of para-hydroxylation sites is 1. The largest absolute Gasteiger partial charge is 0.325 e. The van der Waals surface area contributed by atoms with Gasteiger partial charge in [0, 0.05) is 18.2 Å². The van der Waals surface area contributed by atoms with Gasteiger partial charge in [0.05, 0.1) is 10.9 Å². The molecule has 8 nitrogen and oxygen atoms in total. The van der Waals surface area contributed by atoms with Crippen molar-refractivity contribution in [2.45, 2.75) is 45.0 Å². The van der Waals surface area contributed by atoms with E-state index in [0.29, 0.717) is 11.3 Å². The first-order chi connectivity index (χ1) is 15.2. The molecule has 32 heavy (non-hydrogen) atoms. The van der Waals surface area contributed by atoms with Crippen molar-refractivity contribution in [2.75, 3.05) is 10.6 Å². The first-order valence-electron chi connectivity index (χ1n) is 10.1. The molecule has 0 spiro atoms. The minimum Gasteiger partial charge on any atom is -0.325 e. The Morgan fingerprint density at radius 2 is 1.69 bits per heavy atom. The lowest BCUT2D eigenvalue weighted by Crippen LogP contribution is -2.24. The Bertz CT molecular complexity index is 1240. The summed E-state index contributed by atoms with van der Waals surface area (Å²) in [7, 11) is 0. The van der Waals surface area contributed by atoms with Gasteiger partial charge >= 0.3 is 0 Å². The van der Waals surface area contributed by atoms with Crippen LogP contribution in [0, 0.1) is 20.8 Å². The number of hydrogen-bond donors (Lipinski definition) is 3. The summed E-state index contributed by atoms with van der Waals surface area (Å²) >= 11 is 1.11. The topological polar surface area (TPSA) is 117 Å². The van der Waals surface area contributed by atoms with Gasteiger partial charge in [-0.2, -0.15) is 0 Å². The van der Waals surface area contributed by atoms with Crippen LogP contribution in [0.2, 0.25) is 0 Å². The van der Waals surface area contributed by atoms with Gasteiger partial charge in [-0.05, 0) is 50.5 Å². The van der Waals surface area contributed by atoms with E-state index in [9.17, 15) is 14.4 Å². The maximum atomic E-state index is 12.7. The van der Waals surface area contributed by atoms with Gasteiger partial charge < -0.3 is 10.6 Å². The summed E-state index contributed by atoms with van der Waals surface area (Å²) in [6, 6.07) is 11.0. The van der Waals surface area contributed by atoms with Crippen molar-refractivity contribution in [1.82, 2.24) is 15.2 Å². The number of benzene rings is 2. The van der Waals surface area contributed by atoms with E-state index >= 15 is 0 Å². The second kappa shape index (κ2) is 9.78. The van der Waals surface area contributed by atoms with Crippen LogP contribution in [0.25, 0.3) is 11.3 Å². The molecule has 0 unspecified atom stereocenters. The second-order valence-corrected chi connectivity index (χ2v) is 8.81. The lowest BCUT2D eigenvalue weighted by Gasteiger charge is -2.14. The van der Waals surface area contributed by atoms with E-state index in [0.717, 1.165) is 34.1 Å². The Morgan fingerprint density at radius 3 is 2.38 bits per heavy atom. The summed E-state index contributed by atoms with van der Waals surface area (Å²) < 4.78 is 0. The minimum absolute atomic E-state index is 0.0919. The van der Waals surface area contributed by atoms with Gasteiger partial charge in [-0.25, -0.2) is 0 Å². The lowest BCUT2D eigenvalue weighted by atomic mass is 10.1. The molecule has 0 saturated heterocycles. The molecule has 0 saturated carbocycles. The minimum atomic E-state index is -0.514. The van der Waals surface area contributed by atoms with Crippen molar-refractivity contribution in [3.63, 3.8) is 0 Å². The van der Waals surface area contributed by atoms with Crippen molar-refractivity contribution >= 4 is 35.0 Å². The fourth-order valence-electron chi connectivity index (χ4n) is 3.10. The molecule has 0 aliphatic carbocycles. The van der Waals surface area contributed by atoms with Crippen LogP contribution in [0.5, 0.6) is 0 Å². The number of carbonyl (C=O) groups is 2. The van der Waals surface area contributed by atoms with E-state index in [-0.39, 0.29) is 22.7 Å².